The number of aryl methyl sites for hydroxylation is 1. The van der Waals surface area contributed by atoms with Crippen LogP contribution < -0.4 is 10.1 Å². The maximum atomic E-state index is 12.6. The van der Waals surface area contributed by atoms with Crippen molar-refractivity contribution in [1.82, 2.24) is 20.1 Å². The normalized spacial score (nSPS) is 10.9. The molecule has 0 saturated carbocycles. The zero-order valence-electron chi connectivity index (χ0n) is 15.0. The minimum Gasteiger partial charge on any atom is -0.481 e. The summed E-state index contributed by atoms with van der Waals surface area (Å²) in [6.45, 7) is 0.404. The molecular weight excluding hydrogens is 360 g/mol. The third kappa shape index (κ3) is 3.29. The van der Waals surface area contributed by atoms with Gasteiger partial charge in [-0.15, -0.1) is 0 Å². The van der Waals surface area contributed by atoms with E-state index in [0.717, 1.165) is 27.7 Å². The standard InChI is InChI=1S/C20H18N4O2S/c1-24-20(26-2)16-6-5-13(10-17(16)23-24)19(25)22-11-14-4-3-8-21-18(14)15-7-9-27-12-15/h3-10,12H,11H2,1-2H3,(H,22,25). The van der Waals surface area contributed by atoms with Crippen LogP contribution in [-0.4, -0.2) is 27.8 Å². The minimum absolute atomic E-state index is 0.151. The summed E-state index contributed by atoms with van der Waals surface area (Å²) in [4.78, 5) is 17.1. The molecule has 7 heteroatoms. The molecule has 0 aliphatic heterocycles. The van der Waals surface area contributed by atoms with Gasteiger partial charge in [0.2, 0.25) is 5.88 Å². The zero-order chi connectivity index (χ0) is 18.8. The van der Waals surface area contributed by atoms with Gasteiger partial charge in [0.05, 0.1) is 23.7 Å². The van der Waals surface area contributed by atoms with Gasteiger partial charge in [-0.25, -0.2) is 4.68 Å². The minimum atomic E-state index is -0.151. The van der Waals surface area contributed by atoms with Gasteiger partial charge in [-0.05, 0) is 41.3 Å². The monoisotopic (exact) mass is 378 g/mol. The molecule has 0 radical (unpaired) electrons. The quantitative estimate of drug-likeness (QED) is 0.576. The SMILES string of the molecule is COc1c2ccc(C(=O)NCc3cccnc3-c3ccsc3)cc2nn1C. The number of rotatable bonds is 5. The lowest BCUT2D eigenvalue weighted by atomic mass is 10.1. The van der Waals surface area contributed by atoms with Crippen LogP contribution in [0.25, 0.3) is 22.2 Å². The van der Waals surface area contributed by atoms with E-state index in [4.69, 9.17) is 4.74 Å². The molecule has 0 unspecified atom stereocenters. The molecule has 4 aromatic rings. The predicted octanol–water partition coefficient (Wildman–Crippen LogP) is 3.64. The number of carbonyl (C=O) groups excluding carboxylic acids is 1. The van der Waals surface area contributed by atoms with Crippen LogP contribution in [0.4, 0.5) is 0 Å². The van der Waals surface area contributed by atoms with E-state index in [1.807, 2.05) is 36.7 Å². The summed E-state index contributed by atoms with van der Waals surface area (Å²) >= 11 is 1.62. The summed E-state index contributed by atoms with van der Waals surface area (Å²) in [5, 5.41) is 12.3. The summed E-state index contributed by atoms with van der Waals surface area (Å²) in [5.74, 6) is 0.523. The van der Waals surface area contributed by atoms with Gasteiger partial charge in [-0.3, -0.25) is 9.78 Å². The Morgan fingerprint density at radius 3 is 2.96 bits per heavy atom. The van der Waals surface area contributed by atoms with Crippen molar-refractivity contribution < 1.29 is 9.53 Å². The Morgan fingerprint density at radius 1 is 1.30 bits per heavy atom. The lowest BCUT2D eigenvalue weighted by Gasteiger charge is -2.09. The number of hydrogen-bond acceptors (Lipinski definition) is 5. The number of benzene rings is 1. The molecular formula is C20H18N4O2S. The van der Waals surface area contributed by atoms with Crippen LogP contribution in [-0.2, 0) is 13.6 Å². The average molecular weight is 378 g/mol. The van der Waals surface area contributed by atoms with Crippen molar-refractivity contribution in [1.29, 1.82) is 0 Å². The highest BCUT2D eigenvalue weighted by Gasteiger charge is 2.14. The van der Waals surface area contributed by atoms with Crippen LogP contribution >= 0.6 is 11.3 Å². The fraction of sp³-hybridized carbons (Fsp3) is 0.150. The van der Waals surface area contributed by atoms with Crippen molar-refractivity contribution >= 4 is 28.1 Å². The van der Waals surface area contributed by atoms with Gasteiger partial charge < -0.3 is 10.1 Å². The first-order chi connectivity index (χ1) is 13.2. The first-order valence-corrected chi connectivity index (χ1v) is 9.37. The van der Waals surface area contributed by atoms with Gasteiger partial charge in [0.1, 0.15) is 0 Å². The molecule has 0 fully saturated rings. The Morgan fingerprint density at radius 2 is 2.19 bits per heavy atom. The van der Waals surface area contributed by atoms with Crippen molar-refractivity contribution in [2.45, 2.75) is 6.54 Å². The molecule has 6 nitrogen and oxygen atoms in total. The summed E-state index contributed by atoms with van der Waals surface area (Å²) in [5.41, 5.74) is 4.22. The molecule has 0 aliphatic carbocycles. The number of thiophene rings is 1. The molecule has 0 saturated heterocycles. The van der Waals surface area contributed by atoms with Gasteiger partial charge >= 0.3 is 0 Å². The van der Waals surface area contributed by atoms with Gasteiger partial charge in [-0.1, -0.05) is 6.07 Å². The van der Waals surface area contributed by atoms with E-state index in [9.17, 15) is 4.79 Å². The first-order valence-electron chi connectivity index (χ1n) is 8.43. The Kier molecular flexibility index (Phi) is 4.60. The highest BCUT2D eigenvalue weighted by atomic mass is 32.1. The number of methoxy groups -OCH3 is 1. The van der Waals surface area contributed by atoms with E-state index in [2.05, 4.69) is 20.8 Å². The fourth-order valence-corrected chi connectivity index (χ4v) is 3.72. The van der Waals surface area contributed by atoms with Crippen molar-refractivity contribution in [3.8, 4) is 17.1 Å². The molecule has 4 rings (SSSR count). The highest BCUT2D eigenvalue weighted by molar-refractivity contribution is 7.08. The number of nitrogens with one attached hydrogen (secondary N) is 1. The third-order valence-electron chi connectivity index (χ3n) is 4.36. The van der Waals surface area contributed by atoms with Crippen LogP contribution in [0.3, 0.4) is 0 Å². The third-order valence-corrected chi connectivity index (χ3v) is 5.04. The number of aromatic nitrogens is 3. The lowest BCUT2D eigenvalue weighted by Crippen LogP contribution is -2.23. The van der Waals surface area contributed by atoms with Crippen LogP contribution in [0.1, 0.15) is 15.9 Å². The molecule has 0 atom stereocenters. The van der Waals surface area contributed by atoms with Crippen LogP contribution in [0.5, 0.6) is 5.88 Å². The number of ether oxygens (including phenoxy) is 1. The van der Waals surface area contributed by atoms with E-state index in [0.29, 0.717) is 18.0 Å². The van der Waals surface area contributed by atoms with Gasteiger partial charge in [0, 0.05) is 36.3 Å². The van der Waals surface area contributed by atoms with E-state index in [-0.39, 0.29) is 5.91 Å². The van der Waals surface area contributed by atoms with Crippen LogP contribution in [0, 0.1) is 0 Å². The van der Waals surface area contributed by atoms with Crippen molar-refractivity contribution in [2.24, 2.45) is 7.05 Å². The number of amides is 1. The van der Waals surface area contributed by atoms with Gasteiger partial charge in [0.15, 0.2) is 0 Å². The second-order valence-electron chi connectivity index (χ2n) is 6.07. The summed E-state index contributed by atoms with van der Waals surface area (Å²) < 4.78 is 7.01. The molecule has 27 heavy (non-hydrogen) atoms. The Hall–Kier alpha value is -3.19. The smallest absolute Gasteiger partial charge is 0.251 e. The van der Waals surface area contributed by atoms with Gasteiger partial charge in [-0.2, -0.15) is 16.4 Å². The van der Waals surface area contributed by atoms with E-state index in [1.54, 1.807) is 41.5 Å². The van der Waals surface area contributed by atoms with Crippen molar-refractivity contribution in [3.63, 3.8) is 0 Å². The first kappa shape index (κ1) is 17.2. The van der Waals surface area contributed by atoms with E-state index < -0.39 is 0 Å². The highest BCUT2D eigenvalue weighted by Crippen LogP contribution is 2.26. The maximum absolute atomic E-state index is 12.6. The number of nitrogens with zero attached hydrogens (tertiary/aromatic N) is 3. The Bertz CT molecular complexity index is 1100. The number of pyridine rings is 1. The zero-order valence-corrected chi connectivity index (χ0v) is 15.8. The molecule has 1 aromatic carbocycles. The summed E-state index contributed by atoms with van der Waals surface area (Å²) in [6.07, 6.45) is 1.76. The van der Waals surface area contributed by atoms with Crippen molar-refractivity contribution in [3.05, 3.63) is 64.5 Å². The largest absolute Gasteiger partial charge is 0.481 e. The number of fused-ring (bicyclic) bond motifs is 1. The molecule has 3 heterocycles. The second kappa shape index (κ2) is 7.20. The number of hydrogen-bond donors (Lipinski definition) is 1. The molecule has 0 spiro atoms. The lowest BCUT2D eigenvalue weighted by molar-refractivity contribution is 0.0951. The molecule has 0 aliphatic rings. The van der Waals surface area contributed by atoms with Crippen LogP contribution in [0.2, 0.25) is 0 Å². The fourth-order valence-electron chi connectivity index (χ4n) is 3.08. The second-order valence-corrected chi connectivity index (χ2v) is 6.85. The van der Waals surface area contributed by atoms with E-state index >= 15 is 0 Å². The molecule has 136 valence electrons. The number of carbonyl (C=O) groups is 1. The predicted molar refractivity (Wildman–Crippen MR) is 106 cm³/mol. The van der Waals surface area contributed by atoms with Crippen LogP contribution in [0.15, 0.2) is 53.4 Å². The topological polar surface area (TPSA) is 69.0 Å². The van der Waals surface area contributed by atoms with Crippen molar-refractivity contribution in [2.75, 3.05) is 7.11 Å². The maximum Gasteiger partial charge on any atom is 0.251 e. The molecule has 1 N–H and O–H groups in total. The van der Waals surface area contributed by atoms with E-state index in [1.165, 1.54) is 0 Å². The molecule has 0 bridgehead atoms. The Labute approximate surface area is 160 Å². The van der Waals surface area contributed by atoms with Gasteiger partial charge in [0.25, 0.3) is 5.91 Å². The molecule has 1 amide bonds. The average Bonchev–Trinajstić information content (AvgIpc) is 3.32. The Balaban J connectivity index is 1.55. The summed E-state index contributed by atoms with van der Waals surface area (Å²) in [7, 11) is 3.42. The molecule has 3 aromatic heterocycles. The summed E-state index contributed by atoms with van der Waals surface area (Å²) in [6, 6.07) is 11.3.